The average molecular weight is 309 g/mol. The number of hydrogen-bond donors (Lipinski definition) is 1. The molecule has 0 atom stereocenters. The average Bonchev–Trinajstić information content (AvgIpc) is 2.51. The summed E-state index contributed by atoms with van der Waals surface area (Å²) in [5.41, 5.74) is 1.47. The third-order valence-corrected chi connectivity index (χ3v) is 3.85. The van der Waals surface area contributed by atoms with Crippen molar-refractivity contribution in [2.24, 2.45) is 7.05 Å². The first-order chi connectivity index (χ1) is 11.0. The zero-order valence-corrected chi connectivity index (χ0v) is 13.5. The lowest BCUT2D eigenvalue weighted by atomic mass is 10.1. The van der Waals surface area contributed by atoms with E-state index in [1.165, 1.54) is 0 Å². The summed E-state index contributed by atoms with van der Waals surface area (Å²) >= 11 is 0. The number of fused-ring (bicyclic) bond motifs is 3. The summed E-state index contributed by atoms with van der Waals surface area (Å²) in [6.07, 6.45) is 0. The Morgan fingerprint density at radius 1 is 1.09 bits per heavy atom. The molecule has 5 heteroatoms. The first-order valence-electron chi connectivity index (χ1n) is 7.43. The smallest absolute Gasteiger partial charge is 0.258 e. The number of pyridine rings is 1. The van der Waals surface area contributed by atoms with E-state index in [-0.39, 0.29) is 11.5 Å². The predicted octanol–water partition coefficient (Wildman–Crippen LogP) is 2.19. The fourth-order valence-electron chi connectivity index (χ4n) is 2.81. The number of aromatic nitrogens is 1. The number of benzene rings is 2. The number of nitrogens with zero attached hydrogens (tertiary/aromatic N) is 2. The van der Waals surface area contributed by atoms with Crippen molar-refractivity contribution >= 4 is 33.3 Å². The fraction of sp³-hybridized carbons (Fsp3) is 0.222. The maximum Gasteiger partial charge on any atom is 0.258 e. The highest BCUT2D eigenvalue weighted by atomic mass is 16.2. The van der Waals surface area contributed by atoms with Gasteiger partial charge in [0.1, 0.15) is 0 Å². The second-order valence-electron chi connectivity index (χ2n) is 5.93. The molecule has 0 bridgehead atoms. The third-order valence-electron chi connectivity index (χ3n) is 3.85. The number of hydrogen-bond acceptors (Lipinski definition) is 3. The molecule has 0 aliphatic carbocycles. The molecular weight excluding hydrogens is 290 g/mol. The van der Waals surface area contributed by atoms with E-state index in [1.54, 1.807) is 22.6 Å². The van der Waals surface area contributed by atoms with Gasteiger partial charge in [0, 0.05) is 23.5 Å². The Morgan fingerprint density at radius 2 is 1.83 bits per heavy atom. The summed E-state index contributed by atoms with van der Waals surface area (Å²) in [4.78, 5) is 26.3. The molecule has 5 nitrogen and oxygen atoms in total. The summed E-state index contributed by atoms with van der Waals surface area (Å²) < 4.78 is 1.64. The van der Waals surface area contributed by atoms with Crippen molar-refractivity contribution in [1.29, 1.82) is 0 Å². The van der Waals surface area contributed by atoms with Crippen LogP contribution in [-0.2, 0) is 11.8 Å². The molecule has 118 valence electrons. The van der Waals surface area contributed by atoms with Crippen LogP contribution in [0.2, 0.25) is 0 Å². The summed E-state index contributed by atoms with van der Waals surface area (Å²) in [6, 6.07) is 13.3. The molecule has 0 fully saturated rings. The van der Waals surface area contributed by atoms with Crippen molar-refractivity contribution < 1.29 is 4.79 Å². The first kappa shape index (κ1) is 15.2. The molecule has 1 N–H and O–H groups in total. The molecular formula is C18H19N3O2. The quantitative estimate of drug-likeness (QED) is 0.755. The second-order valence-corrected chi connectivity index (χ2v) is 5.93. The molecule has 0 saturated heterocycles. The van der Waals surface area contributed by atoms with Crippen molar-refractivity contribution in [3.8, 4) is 0 Å². The van der Waals surface area contributed by atoms with Crippen LogP contribution in [0.1, 0.15) is 0 Å². The molecule has 1 aromatic heterocycles. The van der Waals surface area contributed by atoms with Crippen molar-refractivity contribution in [3.63, 3.8) is 0 Å². The first-order valence-corrected chi connectivity index (χ1v) is 7.43. The van der Waals surface area contributed by atoms with Crippen LogP contribution >= 0.6 is 0 Å². The van der Waals surface area contributed by atoms with Gasteiger partial charge in [0.2, 0.25) is 5.91 Å². The number of aryl methyl sites for hydroxylation is 1. The predicted molar refractivity (Wildman–Crippen MR) is 93.9 cm³/mol. The molecule has 0 aliphatic rings. The van der Waals surface area contributed by atoms with E-state index in [0.717, 1.165) is 16.3 Å². The number of carbonyl (C=O) groups excluding carboxylic acids is 1. The van der Waals surface area contributed by atoms with Gasteiger partial charge in [0.15, 0.2) is 0 Å². The van der Waals surface area contributed by atoms with E-state index >= 15 is 0 Å². The van der Waals surface area contributed by atoms with Crippen LogP contribution in [0.15, 0.2) is 47.3 Å². The standard InChI is InChI=1S/C18H19N3O2/c1-20(2)11-17(22)19-12-8-9-13-14-6-4-5-7-16(14)21(3)18(23)15(13)10-12/h4-10H,11H2,1-3H3,(H,19,22). The molecule has 0 radical (unpaired) electrons. The molecule has 3 aromatic rings. The lowest BCUT2D eigenvalue weighted by Crippen LogP contribution is -2.27. The van der Waals surface area contributed by atoms with Gasteiger partial charge < -0.3 is 14.8 Å². The number of likely N-dealkylation sites (N-methyl/N-ethyl adjacent to an activating group) is 1. The van der Waals surface area contributed by atoms with Gasteiger partial charge in [-0.25, -0.2) is 0 Å². The van der Waals surface area contributed by atoms with E-state index < -0.39 is 0 Å². The Balaban J connectivity index is 2.13. The fourth-order valence-corrected chi connectivity index (χ4v) is 2.81. The van der Waals surface area contributed by atoms with Gasteiger partial charge >= 0.3 is 0 Å². The van der Waals surface area contributed by atoms with Crippen LogP contribution in [0.5, 0.6) is 0 Å². The lowest BCUT2D eigenvalue weighted by molar-refractivity contribution is -0.116. The van der Waals surface area contributed by atoms with Crippen LogP contribution in [0.4, 0.5) is 5.69 Å². The van der Waals surface area contributed by atoms with Gasteiger partial charge in [-0.3, -0.25) is 9.59 Å². The third kappa shape index (κ3) is 2.83. The van der Waals surface area contributed by atoms with Gasteiger partial charge in [0.25, 0.3) is 5.56 Å². The summed E-state index contributed by atoms with van der Waals surface area (Å²) in [5, 5.41) is 5.36. The number of para-hydroxylation sites is 1. The number of amides is 1. The van der Waals surface area contributed by atoms with Gasteiger partial charge in [-0.1, -0.05) is 24.3 Å². The van der Waals surface area contributed by atoms with Crippen LogP contribution < -0.4 is 10.9 Å². The number of nitrogens with one attached hydrogen (secondary N) is 1. The molecule has 3 rings (SSSR count). The van der Waals surface area contributed by atoms with E-state index in [0.29, 0.717) is 17.6 Å². The second kappa shape index (κ2) is 5.85. The minimum atomic E-state index is -0.105. The summed E-state index contributed by atoms with van der Waals surface area (Å²) in [6.45, 7) is 0.299. The van der Waals surface area contributed by atoms with E-state index in [9.17, 15) is 9.59 Å². The summed E-state index contributed by atoms with van der Waals surface area (Å²) in [5.74, 6) is -0.105. The van der Waals surface area contributed by atoms with Crippen molar-refractivity contribution in [2.75, 3.05) is 26.0 Å². The molecule has 0 spiro atoms. The molecule has 1 heterocycles. The minimum Gasteiger partial charge on any atom is -0.325 e. The normalized spacial score (nSPS) is 11.3. The van der Waals surface area contributed by atoms with Crippen LogP contribution in [0.3, 0.4) is 0 Å². The monoisotopic (exact) mass is 309 g/mol. The van der Waals surface area contributed by atoms with Crippen molar-refractivity contribution in [1.82, 2.24) is 9.47 Å². The van der Waals surface area contributed by atoms with E-state index in [4.69, 9.17) is 0 Å². The Morgan fingerprint density at radius 3 is 2.57 bits per heavy atom. The van der Waals surface area contributed by atoms with Crippen molar-refractivity contribution in [2.45, 2.75) is 0 Å². The van der Waals surface area contributed by atoms with Gasteiger partial charge in [-0.15, -0.1) is 0 Å². The number of rotatable bonds is 3. The number of anilines is 1. The largest absolute Gasteiger partial charge is 0.325 e. The minimum absolute atomic E-state index is 0.0672. The summed E-state index contributed by atoms with van der Waals surface area (Å²) in [7, 11) is 5.44. The molecule has 2 aromatic carbocycles. The maximum absolute atomic E-state index is 12.6. The Hall–Kier alpha value is -2.66. The molecule has 0 unspecified atom stereocenters. The Kier molecular flexibility index (Phi) is 3.88. The molecule has 1 amide bonds. The maximum atomic E-state index is 12.6. The van der Waals surface area contributed by atoms with E-state index in [1.807, 2.05) is 50.5 Å². The number of carbonyl (C=O) groups is 1. The van der Waals surface area contributed by atoms with Crippen molar-refractivity contribution in [3.05, 3.63) is 52.8 Å². The highest BCUT2D eigenvalue weighted by Crippen LogP contribution is 2.24. The lowest BCUT2D eigenvalue weighted by Gasteiger charge is -2.12. The van der Waals surface area contributed by atoms with Crippen LogP contribution in [-0.4, -0.2) is 36.0 Å². The highest BCUT2D eigenvalue weighted by Gasteiger charge is 2.10. The Labute approximate surface area is 134 Å². The van der Waals surface area contributed by atoms with Gasteiger partial charge in [0.05, 0.1) is 12.1 Å². The zero-order valence-electron chi connectivity index (χ0n) is 13.5. The topological polar surface area (TPSA) is 54.3 Å². The van der Waals surface area contributed by atoms with Gasteiger partial charge in [-0.2, -0.15) is 0 Å². The van der Waals surface area contributed by atoms with E-state index in [2.05, 4.69) is 5.32 Å². The highest BCUT2D eigenvalue weighted by molar-refractivity contribution is 6.07. The molecule has 0 aliphatic heterocycles. The molecule has 0 saturated carbocycles. The molecule has 23 heavy (non-hydrogen) atoms. The van der Waals surface area contributed by atoms with Gasteiger partial charge in [-0.05, 0) is 37.7 Å². The SMILES string of the molecule is CN(C)CC(=O)Nc1ccc2c(c1)c(=O)n(C)c1ccccc21. The Bertz CT molecular complexity index is 958. The van der Waals surface area contributed by atoms with Crippen LogP contribution in [0.25, 0.3) is 21.7 Å². The zero-order chi connectivity index (χ0) is 16.6. The van der Waals surface area contributed by atoms with Crippen LogP contribution in [0, 0.1) is 0 Å².